The van der Waals surface area contributed by atoms with Gasteiger partial charge in [0, 0.05) is 10.0 Å². The van der Waals surface area contributed by atoms with Crippen molar-refractivity contribution in [2.75, 3.05) is 5.32 Å². The van der Waals surface area contributed by atoms with Crippen molar-refractivity contribution < 1.29 is 22.7 Å². The Kier molecular flexibility index (Phi) is 5.92. The highest BCUT2D eigenvalue weighted by molar-refractivity contribution is 9.10. The molecule has 1 heterocycles. The van der Waals surface area contributed by atoms with Crippen LogP contribution in [0.15, 0.2) is 53.0 Å². The fraction of sp³-hybridized carbons (Fsp3) is 0.211. The highest BCUT2D eigenvalue weighted by Crippen LogP contribution is 2.35. The molecule has 0 saturated heterocycles. The molecule has 0 fully saturated rings. The van der Waals surface area contributed by atoms with Crippen molar-refractivity contribution in [3.8, 4) is 5.69 Å². The van der Waals surface area contributed by atoms with Crippen molar-refractivity contribution in [2.45, 2.75) is 26.1 Å². The van der Waals surface area contributed by atoms with E-state index in [-0.39, 0.29) is 11.4 Å². The van der Waals surface area contributed by atoms with E-state index in [4.69, 9.17) is 4.74 Å². The molecule has 1 atom stereocenters. The van der Waals surface area contributed by atoms with E-state index in [0.717, 1.165) is 10.5 Å². The van der Waals surface area contributed by atoms with Crippen LogP contribution in [0.2, 0.25) is 0 Å². The predicted molar refractivity (Wildman–Crippen MR) is 104 cm³/mol. The van der Waals surface area contributed by atoms with Gasteiger partial charge in [-0.3, -0.25) is 5.32 Å². The third kappa shape index (κ3) is 4.76. The Labute approximate surface area is 172 Å². The first kappa shape index (κ1) is 20.8. The van der Waals surface area contributed by atoms with Crippen molar-refractivity contribution in [3.05, 3.63) is 69.8 Å². The van der Waals surface area contributed by atoms with E-state index in [2.05, 4.69) is 31.6 Å². The molecule has 0 unspecified atom stereocenters. The molecule has 29 heavy (non-hydrogen) atoms. The van der Waals surface area contributed by atoms with E-state index in [1.807, 2.05) is 0 Å². The number of alkyl halides is 3. The highest BCUT2D eigenvalue weighted by Gasteiger charge is 2.35. The van der Waals surface area contributed by atoms with Crippen LogP contribution in [-0.4, -0.2) is 21.1 Å². The minimum atomic E-state index is -4.55. The summed E-state index contributed by atoms with van der Waals surface area (Å²) >= 11 is 3.34. The molecule has 0 spiro atoms. The molecule has 3 aromatic rings. The van der Waals surface area contributed by atoms with E-state index in [0.29, 0.717) is 11.4 Å². The summed E-state index contributed by atoms with van der Waals surface area (Å²) in [5.74, 6) is 0.258. The molecule has 152 valence electrons. The Hall–Kier alpha value is -2.88. The molecule has 2 aromatic carbocycles. The number of nitrogens with zero attached hydrogens (tertiary/aromatic N) is 3. The monoisotopic (exact) mass is 468 g/mol. The fourth-order valence-electron chi connectivity index (χ4n) is 2.72. The summed E-state index contributed by atoms with van der Waals surface area (Å²) < 4.78 is 47.0. The fourth-order valence-corrected chi connectivity index (χ4v) is 2.99. The Bertz CT molecular complexity index is 1020. The number of hydrogen-bond donors (Lipinski definition) is 1. The zero-order valence-electron chi connectivity index (χ0n) is 15.4. The van der Waals surface area contributed by atoms with E-state index < -0.39 is 23.9 Å². The lowest BCUT2D eigenvalue weighted by Crippen LogP contribution is -2.20. The smallest absolute Gasteiger partial charge is 0.416 e. The number of halogens is 4. The number of hydrogen-bond acceptors (Lipinski definition) is 4. The van der Waals surface area contributed by atoms with Gasteiger partial charge in [-0.15, -0.1) is 5.10 Å². The Morgan fingerprint density at radius 1 is 1.17 bits per heavy atom. The van der Waals surface area contributed by atoms with Gasteiger partial charge in [-0.05, 0) is 44.2 Å². The molecule has 6 nitrogen and oxygen atoms in total. The summed E-state index contributed by atoms with van der Waals surface area (Å²) in [6, 6.07) is 12.1. The number of amides is 1. The second-order valence-corrected chi connectivity index (χ2v) is 7.08. The molecule has 1 N–H and O–H groups in total. The first-order chi connectivity index (χ1) is 13.7. The summed E-state index contributed by atoms with van der Waals surface area (Å²) in [5.41, 5.74) is 0.0808. The molecule has 10 heteroatoms. The van der Waals surface area contributed by atoms with Crippen molar-refractivity contribution in [1.29, 1.82) is 0 Å². The van der Waals surface area contributed by atoms with Crippen LogP contribution in [0.5, 0.6) is 0 Å². The predicted octanol–water partition coefficient (Wildman–Crippen LogP) is 5.67. The van der Waals surface area contributed by atoms with Crippen molar-refractivity contribution in [2.24, 2.45) is 0 Å². The third-order valence-electron chi connectivity index (χ3n) is 4.12. The number of ether oxygens (including phenoxy) is 1. The van der Waals surface area contributed by atoms with Gasteiger partial charge in [-0.25, -0.2) is 4.79 Å². The molecular formula is C19H16BrF3N4O2. The molecule has 0 aliphatic heterocycles. The maximum Gasteiger partial charge on any atom is 0.416 e. The average Bonchev–Trinajstić information content (AvgIpc) is 3.02. The molecule has 1 amide bonds. The number of benzene rings is 2. The SMILES string of the molecule is Cc1nnn(-c2ccc(Br)cc2)c1NC(=O)O[C@H](C)c1ccccc1C(F)(F)F. The second-order valence-electron chi connectivity index (χ2n) is 6.17. The highest BCUT2D eigenvalue weighted by atomic mass is 79.9. The summed E-state index contributed by atoms with van der Waals surface area (Å²) in [6.45, 7) is 3.02. The quantitative estimate of drug-likeness (QED) is 0.535. The number of rotatable bonds is 4. The van der Waals surface area contributed by atoms with Gasteiger partial charge in [0.25, 0.3) is 0 Å². The van der Waals surface area contributed by atoms with E-state index in [1.165, 1.54) is 29.8 Å². The number of carbonyl (C=O) groups excluding carboxylic acids is 1. The third-order valence-corrected chi connectivity index (χ3v) is 4.65. The van der Waals surface area contributed by atoms with Crippen LogP contribution >= 0.6 is 15.9 Å². The summed E-state index contributed by atoms with van der Waals surface area (Å²) in [4.78, 5) is 12.4. The maximum absolute atomic E-state index is 13.2. The zero-order valence-corrected chi connectivity index (χ0v) is 17.0. The lowest BCUT2D eigenvalue weighted by molar-refractivity contribution is -0.139. The van der Waals surface area contributed by atoms with Crippen LogP contribution in [0, 0.1) is 6.92 Å². The van der Waals surface area contributed by atoms with E-state index in [1.54, 1.807) is 31.2 Å². The average molecular weight is 469 g/mol. The number of carbonyl (C=O) groups is 1. The molecule has 0 aliphatic rings. The number of nitrogens with one attached hydrogen (secondary N) is 1. The van der Waals surface area contributed by atoms with Gasteiger partial charge < -0.3 is 4.74 Å². The van der Waals surface area contributed by atoms with Crippen LogP contribution in [0.25, 0.3) is 5.69 Å². The molecule has 0 saturated carbocycles. The van der Waals surface area contributed by atoms with Gasteiger partial charge in [0.15, 0.2) is 5.82 Å². The van der Waals surface area contributed by atoms with Gasteiger partial charge >= 0.3 is 12.3 Å². The normalized spacial score (nSPS) is 12.5. The number of aryl methyl sites for hydroxylation is 1. The van der Waals surface area contributed by atoms with Crippen LogP contribution in [-0.2, 0) is 10.9 Å². The Morgan fingerprint density at radius 2 is 1.83 bits per heavy atom. The number of anilines is 1. The molecular weight excluding hydrogens is 453 g/mol. The number of aromatic nitrogens is 3. The Morgan fingerprint density at radius 3 is 2.48 bits per heavy atom. The standard InChI is InChI=1S/C19H16BrF3N4O2/c1-11-17(27(26-25-11)14-9-7-13(20)8-10-14)24-18(28)29-12(2)15-5-3-4-6-16(15)19(21,22)23/h3-10,12H,1-2H3,(H,24,28)/t12-/m1/s1. The van der Waals surface area contributed by atoms with Crippen molar-refractivity contribution in [1.82, 2.24) is 15.0 Å². The topological polar surface area (TPSA) is 69.0 Å². The van der Waals surface area contributed by atoms with Gasteiger partial charge in [0.05, 0.1) is 11.3 Å². The second kappa shape index (κ2) is 8.24. The minimum Gasteiger partial charge on any atom is -0.441 e. The molecule has 3 rings (SSSR count). The summed E-state index contributed by atoms with van der Waals surface area (Å²) in [5, 5.41) is 10.4. The summed E-state index contributed by atoms with van der Waals surface area (Å²) in [7, 11) is 0. The van der Waals surface area contributed by atoms with Crippen LogP contribution < -0.4 is 5.32 Å². The molecule has 0 radical (unpaired) electrons. The van der Waals surface area contributed by atoms with Crippen LogP contribution in [0.1, 0.15) is 29.8 Å². The van der Waals surface area contributed by atoms with E-state index in [9.17, 15) is 18.0 Å². The largest absolute Gasteiger partial charge is 0.441 e. The van der Waals surface area contributed by atoms with E-state index >= 15 is 0 Å². The maximum atomic E-state index is 13.2. The van der Waals surface area contributed by atoms with Crippen molar-refractivity contribution in [3.63, 3.8) is 0 Å². The van der Waals surface area contributed by atoms with Crippen molar-refractivity contribution >= 4 is 27.8 Å². The van der Waals surface area contributed by atoms with Crippen LogP contribution in [0.3, 0.4) is 0 Å². The summed E-state index contributed by atoms with van der Waals surface area (Å²) in [6.07, 6.45) is -6.59. The first-order valence-corrected chi connectivity index (χ1v) is 9.28. The van der Waals surface area contributed by atoms with Gasteiger partial charge in [0.2, 0.25) is 0 Å². The molecule has 0 aliphatic carbocycles. The lowest BCUT2D eigenvalue weighted by atomic mass is 10.0. The van der Waals surface area contributed by atoms with Gasteiger partial charge in [-0.2, -0.15) is 17.9 Å². The van der Waals surface area contributed by atoms with Gasteiger partial charge in [0.1, 0.15) is 11.8 Å². The van der Waals surface area contributed by atoms with Crippen LogP contribution in [0.4, 0.5) is 23.8 Å². The Balaban J connectivity index is 1.79. The zero-order chi connectivity index (χ0) is 21.2. The lowest BCUT2D eigenvalue weighted by Gasteiger charge is -2.19. The molecule has 0 bridgehead atoms. The van der Waals surface area contributed by atoms with Gasteiger partial charge in [-0.1, -0.05) is 39.3 Å². The first-order valence-electron chi connectivity index (χ1n) is 8.49. The molecule has 1 aromatic heterocycles. The minimum absolute atomic E-state index is 0.133.